The zero-order chi connectivity index (χ0) is 20.1. The Bertz CT molecular complexity index is 622. The van der Waals surface area contributed by atoms with Crippen LogP contribution in [0, 0.1) is 0 Å². The van der Waals surface area contributed by atoms with Crippen LogP contribution in [0.2, 0.25) is 0 Å². The summed E-state index contributed by atoms with van der Waals surface area (Å²) in [5.41, 5.74) is -1.48. The molecule has 0 aromatic heterocycles. The van der Waals surface area contributed by atoms with Crippen molar-refractivity contribution in [1.82, 2.24) is 5.32 Å². The number of nitrogens with one attached hydrogen (secondary N) is 1. The van der Waals surface area contributed by atoms with Gasteiger partial charge in [-0.1, -0.05) is 0 Å². The van der Waals surface area contributed by atoms with Gasteiger partial charge in [-0.25, -0.2) is 13.8 Å². The van der Waals surface area contributed by atoms with E-state index in [9.17, 15) is 18.6 Å². The standard InChI is InChI=1S/C16H30N2O6S/c1-11(19)18-25(8,22)10-9-12(13(20)23-15(2,3)4)17-14(21)24-16(5,6)7/h12H,9-10H2,1-8H3,(H,17,21). The summed E-state index contributed by atoms with van der Waals surface area (Å²) in [6, 6.07) is -1.06. The minimum atomic E-state index is -2.80. The van der Waals surface area contributed by atoms with Gasteiger partial charge in [-0.05, 0) is 48.0 Å². The van der Waals surface area contributed by atoms with Crippen molar-refractivity contribution in [3.63, 3.8) is 0 Å². The summed E-state index contributed by atoms with van der Waals surface area (Å²) >= 11 is 0. The van der Waals surface area contributed by atoms with E-state index < -0.39 is 44.9 Å². The third kappa shape index (κ3) is 12.4. The summed E-state index contributed by atoms with van der Waals surface area (Å²) in [6.45, 7) is 11.4. The van der Waals surface area contributed by atoms with Crippen LogP contribution in [0.25, 0.3) is 0 Å². The predicted octanol–water partition coefficient (Wildman–Crippen LogP) is 2.26. The van der Waals surface area contributed by atoms with Crippen LogP contribution in [0.15, 0.2) is 4.36 Å². The number of carbonyl (C=O) groups is 3. The van der Waals surface area contributed by atoms with Crippen LogP contribution < -0.4 is 5.32 Å². The van der Waals surface area contributed by atoms with Crippen molar-refractivity contribution in [3.05, 3.63) is 0 Å². The monoisotopic (exact) mass is 378 g/mol. The van der Waals surface area contributed by atoms with Crippen molar-refractivity contribution in [1.29, 1.82) is 0 Å². The average Bonchev–Trinajstić information content (AvgIpc) is 2.27. The third-order valence-corrected chi connectivity index (χ3v) is 4.13. The molecule has 0 aromatic rings. The quantitative estimate of drug-likeness (QED) is 0.735. The van der Waals surface area contributed by atoms with Crippen molar-refractivity contribution < 1.29 is 28.1 Å². The summed E-state index contributed by atoms with van der Waals surface area (Å²) in [4.78, 5) is 35.3. The van der Waals surface area contributed by atoms with Gasteiger partial charge >= 0.3 is 12.1 Å². The van der Waals surface area contributed by atoms with Gasteiger partial charge in [0, 0.05) is 18.9 Å². The molecule has 0 aliphatic heterocycles. The number of hydrogen-bond acceptors (Lipinski definition) is 6. The molecule has 0 fully saturated rings. The highest BCUT2D eigenvalue weighted by Crippen LogP contribution is 2.12. The Hall–Kier alpha value is -1.64. The number of ether oxygens (including phenoxy) is 2. The molecule has 0 spiro atoms. The lowest BCUT2D eigenvalue weighted by Gasteiger charge is -2.26. The van der Waals surface area contributed by atoms with E-state index in [0.717, 1.165) is 0 Å². The third-order valence-electron chi connectivity index (χ3n) is 2.49. The van der Waals surface area contributed by atoms with Crippen molar-refractivity contribution in [2.75, 3.05) is 12.0 Å². The number of alkyl carbamates (subject to hydrolysis) is 1. The van der Waals surface area contributed by atoms with Crippen molar-refractivity contribution >= 4 is 27.7 Å². The van der Waals surface area contributed by atoms with Crippen LogP contribution in [0.1, 0.15) is 54.9 Å². The number of amides is 2. The Balaban J connectivity index is 5.21. The highest BCUT2D eigenvalue weighted by Gasteiger charge is 2.29. The molecule has 9 heteroatoms. The van der Waals surface area contributed by atoms with E-state index in [1.807, 2.05) is 0 Å². The van der Waals surface area contributed by atoms with Crippen LogP contribution in [-0.2, 0) is 28.8 Å². The van der Waals surface area contributed by atoms with Gasteiger partial charge in [0.15, 0.2) is 0 Å². The van der Waals surface area contributed by atoms with Gasteiger partial charge in [0.1, 0.15) is 17.2 Å². The van der Waals surface area contributed by atoms with Crippen LogP contribution >= 0.6 is 0 Å². The van der Waals surface area contributed by atoms with Crippen molar-refractivity contribution in [3.8, 4) is 0 Å². The SMILES string of the molecule is CC(=O)N=S(C)(=O)CCC(NC(=O)OC(C)(C)C)C(=O)OC(C)(C)C. The molecule has 0 rings (SSSR count). The van der Waals surface area contributed by atoms with E-state index in [1.165, 1.54) is 13.2 Å². The summed E-state index contributed by atoms with van der Waals surface area (Å²) in [5, 5.41) is 2.43. The maximum Gasteiger partial charge on any atom is 0.408 e. The van der Waals surface area contributed by atoms with Gasteiger partial charge in [-0.2, -0.15) is 4.36 Å². The molecule has 25 heavy (non-hydrogen) atoms. The van der Waals surface area contributed by atoms with Gasteiger partial charge in [0.05, 0.1) is 9.73 Å². The largest absolute Gasteiger partial charge is 0.458 e. The Morgan fingerprint density at radius 3 is 1.92 bits per heavy atom. The van der Waals surface area contributed by atoms with E-state index >= 15 is 0 Å². The Kier molecular flexibility index (Phi) is 8.07. The van der Waals surface area contributed by atoms with E-state index in [1.54, 1.807) is 41.5 Å². The first-order valence-electron chi connectivity index (χ1n) is 7.93. The minimum absolute atomic E-state index is 0.000267. The smallest absolute Gasteiger partial charge is 0.408 e. The summed E-state index contributed by atoms with van der Waals surface area (Å²) in [7, 11) is -2.80. The van der Waals surface area contributed by atoms with Gasteiger partial charge in [0.2, 0.25) is 0 Å². The number of hydrogen-bond donors (Lipinski definition) is 1. The van der Waals surface area contributed by atoms with Gasteiger partial charge in [0.25, 0.3) is 5.91 Å². The molecule has 0 aromatic carbocycles. The van der Waals surface area contributed by atoms with E-state index in [-0.39, 0.29) is 12.2 Å². The average molecular weight is 378 g/mol. The molecule has 0 heterocycles. The molecule has 2 unspecified atom stereocenters. The van der Waals surface area contributed by atoms with Gasteiger partial charge < -0.3 is 14.8 Å². The van der Waals surface area contributed by atoms with Crippen LogP contribution in [0.4, 0.5) is 4.79 Å². The second-order valence-electron chi connectivity index (χ2n) is 7.79. The first-order chi connectivity index (χ1) is 11.0. The molecule has 0 aliphatic rings. The number of rotatable bonds is 5. The fraction of sp³-hybridized carbons (Fsp3) is 0.812. The zero-order valence-corrected chi connectivity index (χ0v) is 17.1. The summed E-state index contributed by atoms with van der Waals surface area (Å²) in [6.07, 6.45) is 0.545. The molecule has 2 atom stereocenters. The fourth-order valence-corrected chi connectivity index (χ4v) is 3.03. The van der Waals surface area contributed by atoms with Gasteiger partial charge in [-0.3, -0.25) is 4.79 Å². The lowest BCUT2D eigenvalue weighted by molar-refractivity contribution is -0.157. The molecule has 0 saturated carbocycles. The molecule has 1 N–H and O–H groups in total. The highest BCUT2D eigenvalue weighted by atomic mass is 32.2. The highest BCUT2D eigenvalue weighted by molar-refractivity contribution is 7.93. The number of nitrogens with zero attached hydrogens (tertiary/aromatic N) is 1. The maximum absolute atomic E-state index is 12.3. The van der Waals surface area contributed by atoms with E-state index in [4.69, 9.17) is 9.47 Å². The molecule has 2 amide bonds. The van der Waals surface area contributed by atoms with Crippen molar-refractivity contribution in [2.24, 2.45) is 4.36 Å². The molecular weight excluding hydrogens is 348 g/mol. The molecule has 0 bridgehead atoms. The summed E-state index contributed by atoms with van der Waals surface area (Å²) in [5.74, 6) is -1.27. The van der Waals surface area contributed by atoms with Gasteiger partial charge in [-0.15, -0.1) is 0 Å². The molecule has 0 aliphatic carbocycles. The molecule has 146 valence electrons. The Morgan fingerprint density at radius 2 is 1.52 bits per heavy atom. The van der Waals surface area contributed by atoms with Crippen molar-refractivity contribution in [2.45, 2.75) is 72.1 Å². The van der Waals surface area contributed by atoms with E-state index in [0.29, 0.717) is 0 Å². The molecule has 8 nitrogen and oxygen atoms in total. The predicted molar refractivity (Wildman–Crippen MR) is 95.7 cm³/mol. The molecule has 0 radical (unpaired) electrons. The zero-order valence-electron chi connectivity index (χ0n) is 16.3. The lowest BCUT2D eigenvalue weighted by atomic mass is 10.1. The van der Waals surface area contributed by atoms with Crippen LogP contribution in [0.3, 0.4) is 0 Å². The normalized spacial score (nSPS) is 15.5. The number of carbonyl (C=O) groups excluding carboxylic acids is 3. The topological polar surface area (TPSA) is 111 Å². The second-order valence-corrected chi connectivity index (χ2v) is 10.3. The Labute approximate surface area is 150 Å². The van der Waals surface area contributed by atoms with Crippen LogP contribution in [0.5, 0.6) is 0 Å². The number of esters is 1. The maximum atomic E-state index is 12.3. The molecular formula is C16H30N2O6S. The fourth-order valence-electron chi connectivity index (χ4n) is 1.73. The van der Waals surface area contributed by atoms with E-state index in [2.05, 4.69) is 9.68 Å². The lowest BCUT2D eigenvalue weighted by Crippen LogP contribution is -2.46. The first kappa shape index (κ1) is 23.4. The Morgan fingerprint density at radius 1 is 1.04 bits per heavy atom. The second kappa shape index (κ2) is 8.64. The molecule has 0 saturated heterocycles. The van der Waals surface area contributed by atoms with Crippen LogP contribution in [-0.4, -0.2) is 51.4 Å². The first-order valence-corrected chi connectivity index (χ1v) is 10.0. The minimum Gasteiger partial charge on any atom is -0.458 e. The summed E-state index contributed by atoms with van der Waals surface area (Å²) < 4.78 is 26.2.